The van der Waals surface area contributed by atoms with Crippen molar-refractivity contribution in [3.63, 3.8) is 0 Å². The summed E-state index contributed by atoms with van der Waals surface area (Å²) >= 11 is 0. The second kappa shape index (κ2) is 11.8. The number of aryl methyl sites for hydroxylation is 1. The van der Waals surface area contributed by atoms with Crippen molar-refractivity contribution in [2.75, 3.05) is 24.2 Å². The van der Waals surface area contributed by atoms with Crippen LogP contribution in [0, 0.1) is 12.7 Å². The van der Waals surface area contributed by atoms with E-state index in [0.717, 1.165) is 21.7 Å². The van der Waals surface area contributed by atoms with E-state index in [-0.39, 0.29) is 18.5 Å². The van der Waals surface area contributed by atoms with Crippen LogP contribution < -0.4 is 9.62 Å². The Balaban J connectivity index is 2.03. The van der Waals surface area contributed by atoms with Gasteiger partial charge in [-0.1, -0.05) is 66.2 Å². The number of likely N-dealkylation sites (N-methyl/N-ethyl adjacent to an activating group) is 1. The van der Waals surface area contributed by atoms with Crippen molar-refractivity contribution in [3.05, 3.63) is 101 Å². The Bertz CT molecular complexity index is 1300. The molecule has 1 N–H and O–H groups in total. The average molecular weight is 512 g/mol. The summed E-state index contributed by atoms with van der Waals surface area (Å²) in [4.78, 5) is 28.0. The highest BCUT2D eigenvalue weighted by atomic mass is 32.2. The van der Waals surface area contributed by atoms with Crippen LogP contribution >= 0.6 is 0 Å². The van der Waals surface area contributed by atoms with Crippen molar-refractivity contribution in [2.24, 2.45) is 0 Å². The van der Waals surface area contributed by atoms with Crippen molar-refractivity contribution in [1.82, 2.24) is 10.2 Å². The van der Waals surface area contributed by atoms with E-state index in [1.165, 1.54) is 30.1 Å². The first-order valence-corrected chi connectivity index (χ1v) is 13.3. The van der Waals surface area contributed by atoms with Gasteiger partial charge in [-0.15, -0.1) is 0 Å². The van der Waals surface area contributed by atoms with Crippen LogP contribution in [0.5, 0.6) is 0 Å². The van der Waals surface area contributed by atoms with Gasteiger partial charge >= 0.3 is 0 Å². The summed E-state index contributed by atoms with van der Waals surface area (Å²) in [6.45, 7) is 1.12. The van der Waals surface area contributed by atoms with E-state index in [9.17, 15) is 22.4 Å². The van der Waals surface area contributed by atoms with Gasteiger partial charge in [-0.2, -0.15) is 0 Å². The number of carbonyl (C=O) groups excluding carboxylic acids is 2. The molecule has 7 nitrogen and oxygen atoms in total. The Morgan fingerprint density at radius 2 is 1.56 bits per heavy atom. The van der Waals surface area contributed by atoms with Crippen LogP contribution in [0.4, 0.5) is 10.1 Å². The molecule has 0 bridgehead atoms. The van der Waals surface area contributed by atoms with Crippen LogP contribution in [0.15, 0.2) is 78.9 Å². The summed E-state index contributed by atoms with van der Waals surface area (Å²) in [5.41, 5.74) is 2.27. The van der Waals surface area contributed by atoms with Crippen LogP contribution in [-0.4, -0.2) is 51.0 Å². The number of nitrogens with zero attached hydrogens (tertiary/aromatic N) is 2. The molecule has 9 heteroatoms. The minimum atomic E-state index is -3.84. The highest BCUT2D eigenvalue weighted by Gasteiger charge is 2.33. The molecular weight excluding hydrogens is 481 g/mol. The quantitative estimate of drug-likeness (QED) is 0.453. The van der Waals surface area contributed by atoms with Gasteiger partial charge in [0.1, 0.15) is 18.4 Å². The monoisotopic (exact) mass is 511 g/mol. The number of halogens is 1. The van der Waals surface area contributed by atoms with Gasteiger partial charge < -0.3 is 10.2 Å². The molecule has 1 atom stereocenters. The van der Waals surface area contributed by atoms with Gasteiger partial charge in [-0.05, 0) is 30.7 Å². The molecule has 0 aromatic heterocycles. The third-order valence-electron chi connectivity index (χ3n) is 5.82. The van der Waals surface area contributed by atoms with Crippen molar-refractivity contribution in [2.45, 2.75) is 25.9 Å². The second-order valence-corrected chi connectivity index (χ2v) is 10.4. The molecule has 0 radical (unpaired) electrons. The van der Waals surface area contributed by atoms with Crippen molar-refractivity contribution in [3.8, 4) is 0 Å². The minimum Gasteiger partial charge on any atom is -0.357 e. The largest absolute Gasteiger partial charge is 0.357 e. The smallest absolute Gasteiger partial charge is 0.244 e. The molecule has 0 spiro atoms. The minimum absolute atomic E-state index is 0.171. The molecule has 190 valence electrons. The summed E-state index contributed by atoms with van der Waals surface area (Å²) in [6.07, 6.45) is 1.19. The zero-order valence-electron chi connectivity index (χ0n) is 20.5. The van der Waals surface area contributed by atoms with Crippen molar-refractivity contribution < 1.29 is 22.4 Å². The maximum absolute atomic E-state index is 14.6. The van der Waals surface area contributed by atoms with Gasteiger partial charge in [0.2, 0.25) is 21.8 Å². The van der Waals surface area contributed by atoms with E-state index < -0.39 is 40.2 Å². The summed E-state index contributed by atoms with van der Waals surface area (Å²) in [7, 11) is -2.38. The molecule has 0 aliphatic carbocycles. The van der Waals surface area contributed by atoms with Gasteiger partial charge in [-0.3, -0.25) is 13.9 Å². The lowest BCUT2D eigenvalue weighted by Crippen LogP contribution is -2.53. The lowest BCUT2D eigenvalue weighted by molar-refractivity contribution is -0.139. The molecule has 0 unspecified atom stereocenters. The molecule has 3 aromatic carbocycles. The molecule has 2 amide bonds. The molecule has 0 aliphatic rings. The number of amides is 2. The van der Waals surface area contributed by atoms with E-state index in [0.29, 0.717) is 5.69 Å². The first kappa shape index (κ1) is 26.9. The highest BCUT2D eigenvalue weighted by molar-refractivity contribution is 7.92. The van der Waals surface area contributed by atoms with Gasteiger partial charge in [0.05, 0.1) is 11.9 Å². The standard InChI is InChI=1S/C27H30FN3O4S/c1-20-13-15-23(16-14-20)31(36(3,34)35)19-26(32)30(18-22-11-7-8-12-24(22)28)25(27(33)29-2)17-21-9-5-4-6-10-21/h4-16,25H,17-19H2,1-3H3,(H,29,33)/t25-/m0/s1. The third kappa shape index (κ3) is 6.91. The maximum Gasteiger partial charge on any atom is 0.244 e. The Kier molecular flexibility index (Phi) is 8.82. The number of benzene rings is 3. The predicted molar refractivity (Wildman–Crippen MR) is 138 cm³/mol. The van der Waals surface area contributed by atoms with Crippen LogP contribution in [-0.2, 0) is 32.6 Å². The maximum atomic E-state index is 14.6. The van der Waals surface area contributed by atoms with Gasteiger partial charge in [0, 0.05) is 25.6 Å². The number of carbonyl (C=O) groups is 2. The lowest BCUT2D eigenvalue weighted by atomic mass is 10.0. The number of hydrogen-bond donors (Lipinski definition) is 1. The van der Waals surface area contributed by atoms with Gasteiger partial charge in [0.15, 0.2) is 0 Å². The molecular formula is C27H30FN3O4S. The molecule has 0 aliphatic heterocycles. The first-order chi connectivity index (χ1) is 17.1. The van der Waals surface area contributed by atoms with E-state index in [1.54, 1.807) is 30.3 Å². The summed E-state index contributed by atoms with van der Waals surface area (Å²) in [6, 6.07) is 20.9. The van der Waals surface area contributed by atoms with E-state index in [1.807, 2.05) is 37.3 Å². The van der Waals surface area contributed by atoms with Crippen LogP contribution in [0.3, 0.4) is 0 Å². The Morgan fingerprint density at radius 1 is 0.944 bits per heavy atom. The van der Waals surface area contributed by atoms with Crippen LogP contribution in [0.1, 0.15) is 16.7 Å². The SMILES string of the molecule is CNC(=O)[C@H](Cc1ccccc1)N(Cc1ccccc1F)C(=O)CN(c1ccc(C)cc1)S(C)(=O)=O. The summed E-state index contributed by atoms with van der Waals surface area (Å²) in [5.74, 6) is -1.59. The van der Waals surface area contributed by atoms with E-state index >= 15 is 0 Å². The first-order valence-electron chi connectivity index (χ1n) is 11.4. The van der Waals surface area contributed by atoms with E-state index in [2.05, 4.69) is 5.32 Å². The summed E-state index contributed by atoms with van der Waals surface area (Å²) in [5, 5.41) is 2.58. The Labute approximate surface area is 211 Å². The number of hydrogen-bond acceptors (Lipinski definition) is 4. The van der Waals surface area contributed by atoms with E-state index in [4.69, 9.17) is 0 Å². The highest BCUT2D eigenvalue weighted by Crippen LogP contribution is 2.21. The molecule has 0 saturated carbocycles. The molecule has 3 aromatic rings. The second-order valence-electron chi connectivity index (χ2n) is 8.54. The fourth-order valence-electron chi connectivity index (χ4n) is 3.86. The van der Waals surface area contributed by atoms with Gasteiger partial charge in [0.25, 0.3) is 0 Å². The zero-order valence-corrected chi connectivity index (χ0v) is 21.3. The van der Waals surface area contributed by atoms with Crippen LogP contribution in [0.2, 0.25) is 0 Å². The van der Waals surface area contributed by atoms with Crippen molar-refractivity contribution in [1.29, 1.82) is 0 Å². The van der Waals surface area contributed by atoms with Gasteiger partial charge in [-0.25, -0.2) is 12.8 Å². The Morgan fingerprint density at radius 3 is 2.14 bits per heavy atom. The predicted octanol–water partition coefficient (Wildman–Crippen LogP) is 3.29. The molecule has 0 heterocycles. The lowest BCUT2D eigenvalue weighted by Gasteiger charge is -2.33. The number of sulfonamides is 1. The molecule has 0 fully saturated rings. The summed E-state index contributed by atoms with van der Waals surface area (Å²) < 4.78 is 40.9. The molecule has 36 heavy (non-hydrogen) atoms. The fraction of sp³-hybridized carbons (Fsp3) is 0.259. The fourth-order valence-corrected chi connectivity index (χ4v) is 4.71. The topological polar surface area (TPSA) is 86.8 Å². The van der Waals surface area contributed by atoms with Crippen molar-refractivity contribution >= 4 is 27.5 Å². The van der Waals surface area contributed by atoms with Crippen LogP contribution in [0.25, 0.3) is 0 Å². The number of anilines is 1. The number of rotatable bonds is 10. The number of nitrogens with one attached hydrogen (secondary N) is 1. The molecule has 3 rings (SSSR count). The Hall–Kier alpha value is -3.72. The average Bonchev–Trinajstić information content (AvgIpc) is 2.85. The third-order valence-corrected chi connectivity index (χ3v) is 6.96. The normalized spacial score (nSPS) is 12.0. The molecule has 0 saturated heterocycles. The zero-order chi connectivity index (χ0) is 26.3.